The number of benzene rings is 1. The monoisotopic (exact) mass is 241 g/mol. The Morgan fingerprint density at radius 2 is 1.76 bits per heavy atom. The van der Waals surface area contributed by atoms with Crippen molar-refractivity contribution in [3.05, 3.63) is 29.8 Å². The third-order valence-electron chi connectivity index (χ3n) is 2.92. The van der Waals surface area contributed by atoms with Gasteiger partial charge in [-0.2, -0.15) is 0 Å². The standard InChI is InChI=1S/C11H15NO5/c12-7-3-1-6(2-4-7)11(16)10(15)9(14)8(13)5-17-11/h1-4,8-10,13-16H,5,12H2/t8-,9+,10-,11?/m1/s1. The van der Waals surface area contributed by atoms with E-state index in [0.29, 0.717) is 5.69 Å². The van der Waals surface area contributed by atoms with E-state index in [0.717, 1.165) is 0 Å². The van der Waals surface area contributed by atoms with Crippen LogP contribution in [0.2, 0.25) is 0 Å². The second kappa shape index (κ2) is 4.25. The molecular formula is C11H15NO5. The van der Waals surface area contributed by atoms with E-state index in [1.54, 1.807) is 12.1 Å². The molecule has 0 aliphatic carbocycles. The average Bonchev–Trinajstić information content (AvgIpc) is 2.33. The van der Waals surface area contributed by atoms with Gasteiger partial charge < -0.3 is 30.9 Å². The van der Waals surface area contributed by atoms with Crippen molar-refractivity contribution in [2.45, 2.75) is 24.1 Å². The molecule has 1 fully saturated rings. The Labute approximate surface area is 97.9 Å². The van der Waals surface area contributed by atoms with Gasteiger partial charge in [-0.3, -0.25) is 0 Å². The highest BCUT2D eigenvalue weighted by atomic mass is 16.6. The van der Waals surface area contributed by atoms with Gasteiger partial charge in [0.15, 0.2) is 0 Å². The first-order chi connectivity index (χ1) is 7.95. The van der Waals surface area contributed by atoms with Crippen molar-refractivity contribution >= 4 is 5.69 Å². The predicted octanol–water partition coefficient (Wildman–Crippen LogP) is -1.47. The van der Waals surface area contributed by atoms with Crippen LogP contribution < -0.4 is 5.73 Å². The lowest BCUT2D eigenvalue weighted by Gasteiger charge is -2.41. The maximum absolute atomic E-state index is 10.2. The number of hydrogen-bond acceptors (Lipinski definition) is 6. The molecule has 1 saturated heterocycles. The molecular weight excluding hydrogens is 226 g/mol. The van der Waals surface area contributed by atoms with Crippen molar-refractivity contribution in [1.29, 1.82) is 0 Å². The molecule has 0 aromatic heterocycles. The minimum atomic E-state index is -2.04. The molecule has 0 spiro atoms. The Balaban J connectivity index is 2.32. The summed E-state index contributed by atoms with van der Waals surface area (Å²) in [6, 6.07) is 6.06. The molecule has 0 radical (unpaired) electrons. The number of aliphatic hydroxyl groups is 4. The van der Waals surface area contributed by atoms with Gasteiger partial charge in [-0.15, -0.1) is 0 Å². The Morgan fingerprint density at radius 1 is 1.18 bits per heavy atom. The smallest absolute Gasteiger partial charge is 0.222 e. The summed E-state index contributed by atoms with van der Waals surface area (Å²) in [7, 11) is 0. The molecule has 94 valence electrons. The van der Waals surface area contributed by atoms with Crippen LogP contribution in [0.3, 0.4) is 0 Å². The van der Waals surface area contributed by atoms with Crippen LogP contribution in [0, 0.1) is 0 Å². The van der Waals surface area contributed by atoms with Gasteiger partial charge >= 0.3 is 0 Å². The first kappa shape index (κ1) is 12.3. The van der Waals surface area contributed by atoms with Crippen molar-refractivity contribution in [3.63, 3.8) is 0 Å². The second-order valence-corrected chi connectivity index (χ2v) is 4.13. The fraction of sp³-hybridized carbons (Fsp3) is 0.455. The largest absolute Gasteiger partial charge is 0.399 e. The van der Waals surface area contributed by atoms with Crippen LogP contribution in [-0.2, 0) is 10.5 Å². The number of nitrogen functional groups attached to an aromatic ring is 1. The van der Waals surface area contributed by atoms with Gasteiger partial charge in [0.2, 0.25) is 5.79 Å². The summed E-state index contributed by atoms with van der Waals surface area (Å²) < 4.78 is 5.04. The zero-order chi connectivity index (χ0) is 12.6. The van der Waals surface area contributed by atoms with Crippen molar-refractivity contribution in [3.8, 4) is 0 Å². The lowest BCUT2D eigenvalue weighted by atomic mass is 9.91. The number of rotatable bonds is 1. The first-order valence-corrected chi connectivity index (χ1v) is 5.21. The number of ether oxygens (including phenoxy) is 1. The highest BCUT2D eigenvalue weighted by molar-refractivity contribution is 5.40. The van der Waals surface area contributed by atoms with Gasteiger partial charge in [-0.05, 0) is 12.1 Å². The van der Waals surface area contributed by atoms with E-state index in [9.17, 15) is 20.4 Å². The summed E-state index contributed by atoms with van der Waals surface area (Å²) >= 11 is 0. The molecule has 6 nitrogen and oxygen atoms in total. The van der Waals surface area contributed by atoms with Crippen LogP contribution in [0.4, 0.5) is 5.69 Å². The Bertz CT molecular complexity index is 395. The zero-order valence-corrected chi connectivity index (χ0v) is 9.02. The third-order valence-corrected chi connectivity index (χ3v) is 2.92. The molecule has 0 saturated carbocycles. The fourth-order valence-electron chi connectivity index (χ4n) is 1.81. The molecule has 1 aromatic carbocycles. The first-order valence-electron chi connectivity index (χ1n) is 5.21. The predicted molar refractivity (Wildman–Crippen MR) is 58.7 cm³/mol. The van der Waals surface area contributed by atoms with Crippen molar-refractivity contribution < 1.29 is 25.2 Å². The molecule has 0 bridgehead atoms. The molecule has 17 heavy (non-hydrogen) atoms. The average molecular weight is 241 g/mol. The summed E-state index contributed by atoms with van der Waals surface area (Å²) in [6.45, 7) is -0.265. The van der Waals surface area contributed by atoms with Crippen LogP contribution in [0.1, 0.15) is 5.56 Å². The topological polar surface area (TPSA) is 116 Å². The number of hydrogen-bond donors (Lipinski definition) is 5. The molecule has 1 aliphatic rings. The van der Waals surface area contributed by atoms with Gasteiger partial charge in [-0.25, -0.2) is 0 Å². The molecule has 0 amide bonds. The lowest BCUT2D eigenvalue weighted by Crippen LogP contribution is -2.58. The molecule has 1 aliphatic heterocycles. The molecule has 6 heteroatoms. The summed E-state index contributed by atoms with van der Waals surface area (Å²) in [5.74, 6) is -2.04. The van der Waals surface area contributed by atoms with Gasteiger partial charge in [-0.1, -0.05) is 12.1 Å². The van der Waals surface area contributed by atoms with Crippen molar-refractivity contribution in [2.24, 2.45) is 0 Å². The van der Waals surface area contributed by atoms with E-state index in [4.69, 9.17) is 10.5 Å². The maximum atomic E-state index is 10.2. The minimum Gasteiger partial charge on any atom is -0.399 e. The molecule has 1 heterocycles. The van der Waals surface area contributed by atoms with Crippen molar-refractivity contribution in [1.82, 2.24) is 0 Å². The highest BCUT2D eigenvalue weighted by Gasteiger charge is 2.49. The summed E-state index contributed by atoms with van der Waals surface area (Å²) in [5.41, 5.74) is 6.28. The van der Waals surface area contributed by atoms with E-state index in [1.165, 1.54) is 12.1 Å². The number of aliphatic hydroxyl groups excluding tert-OH is 3. The van der Waals surface area contributed by atoms with Gasteiger partial charge in [0.05, 0.1) is 6.61 Å². The lowest BCUT2D eigenvalue weighted by molar-refractivity contribution is -0.329. The van der Waals surface area contributed by atoms with E-state index in [2.05, 4.69) is 0 Å². The molecule has 2 rings (SSSR count). The van der Waals surface area contributed by atoms with Gasteiger partial charge in [0.1, 0.15) is 18.3 Å². The summed E-state index contributed by atoms with van der Waals surface area (Å²) in [5, 5.41) is 38.8. The van der Waals surface area contributed by atoms with Crippen LogP contribution in [-0.4, -0.2) is 45.3 Å². The van der Waals surface area contributed by atoms with Crippen LogP contribution in [0.25, 0.3) is 0 Å². The number of anilines is 1. The maximum Gasteiger partial charge on any atom is 0.222 e. The second-order valence-electron chi connectivity index (χ2n) is 4.13. The van der Waals surface area contributed by atoms with Gasteiger partial charge in [0.25, 0.3) is 0 Å². The van der Waals surface area contributed by atoms with E-state index >= 15 is 0 Å². The molecule has 1 unspecified atom stereocenters. The molecule has 4 atom stereocenters. The van der Waals surface area contributed by atoms with E-state index < -0.39 is 24.1 Å². The van der Waals surface area contributed by atoms with Crippen LogP contribution >= 0.6 is 0 Å². The SMILES string of the molecule is Nc1ccc(C2(O)OC[C@@H](O)[C@H](O)[C@H]2O)cc1. The normalized spacial score (nSPS) is 38.0. The molecule has 1 aromatic rings. The quantitative estimate of drug-likeness (QED) is 0.383. The van der Waals surface area contributed by atoms with E-state index in [1.807, 2.05) is 0 Å². The zero-order valence-electron chi connectivity index (χ0n) is 9.02. The molecule has 6 N–H and O–H groups in total. The Hall–Kier alpha value is -1.18. The van der Waals surface area contributed by atoms with Crippen molar-refractivity contribution in [2.75, 3.05) is 12.3 Å². The summed E-state index contributed by atoms with van der Waals surface area (Å²) in [4.78, 5) is 0. The van der Waals surface area contributed by atoms with Crippen LogP contribution in [0.15, 0.2) is 24.3 Å². The van der Waals surface area contributed by atoms with Gasteiger partial charge in [0, 0.05) is 11.3 Å². The summed E-state index contributed by atoms with van der Waals surface area (Å²) in [6.07, 6.45) is -4.32. The number of nitrogens with two attached hydrogens (primary N) is 1. The minimum absolute atomic E-state index is 0.265. The van der Waals surface area contributed by atoms with Crippen LogP contribution in [0.5, 0.6) is 0 Å². The fourth-order valence-corrected chi connectivity index (χ4v) is 1.81. The Kier molecular flexibility index (Phi) is 3.07. The third kappa shape index (κ3) is 2.01. The Morgan fingerprint density at radius 3 is 2.35 bits per heavy atom. The van der Waals surface area contributed by atoms with E-state index in [-0.39, 0.29) is 12.2 Å². The highest BCUT2D eigenvalue weighted by Crippen LogP contribution is 2.33.